The largest absolute Gasteiger partial charge is 0.134 e. The van der Waals surface area contributed by atoms with Crippen LogP contribution in [-0.4, -0.2) is 0 Å². The maximum atomic E-state index is 2.43. The summed E-state index contributed by atoms with van der Waals surface area (Å²) in [6.07, 6.45) is 0. The zero-order valence-electron chi connectivity index (χ0n) is 35.5. The van der Waals surface area contributed by atoms with Crippen LogP contribution in [0.5, 0.6) is 0 Å². The van der Waals surface area contributed by atoms with E-state index >= 15 is 0 Å². The standard InChI is InChI=1S/C64H40S/c1-3-17-41(18-4-1)49-37-59(45-25-15-23-43(33-45)57-35-47-21-7-9-27-51(47)53-29-11-13-31-55(53)57)63-61(39-49)62-40-50(42-19-5-2-6-20-42)38-60(64(62)65-63)46-26-16-24-44(34-46)58-36-48-22-8-10-28-52(48)54-30-12-14-32-56(54)58/h1-40H. The minimum Gasteiger partial charge on any atom is -0.134 e. The topological polar surface area (TPSA) is 0 Å². The van der Waals surface area contributed by atoms with Crippen molar-refractivity contribution in [3.63, 3.8) is 0 Å². The van der Waals surface area contributed by atoms with Gasteiger partial charge in [0.05, 0.1) is 0 Å². The number of thiophene rings is 1. The molecule has 0 aliphatic rings. The summed E-state index contributed by atoms with van der Waals surface area (Å²) in [5, 5.41) is 12.7. The Balaban J connectivity index is 1.06. The first-order valence-electron chi connectivity index (χ1n) is 22.4. The quantitative estimate of drug-likeness (QED) is 0.146. The molecule has 302 valence electrons. The van der Waals surface area contributed by atoms with Gasteiger partial charge < -0.3 is 0 Å². The van der Waals surface area contributed by atoms with Gasteiger partial charge in [0, 0.05) is 31.3 Å². The second kappa shape index (κ2) is 15.3. The van der Waals surface area contributed by atoms with Gasteiger partial charge in [-0.2, -0.15) is 0 Å². The normalized spacial score (nSPS) is 11.7. The van der Waals surface area contributed by atoms with Crippen LogP contribution in [0.3, 0.4) is 0 Å². The second-order valence-electron chi connectivity index (χ2n) is 17.2. The van der Waals surface area contributed by atoms with Crippen molar-refractivity contribution >= 4 is 74.6 Å². The van der Waals surface area contributed by atoms with E-state index in [0.29, 0.717) is 0 Å². The molecule has 0 spiro atoms. The molecule has 0 aliphatic carbocycles. The van der Waals surface area contributed by atoms with Crippen molar-refractivity contribution in [2.24, 2.45) is 0 Å². The fourth-order valence-electron chi connectivity index (χ4n) is 10.3. The highest BCUT2D eigenvalue weighted by Gasteiger charge is 2.20. The lowest BCUT2D eigenvalue weighted by Crippen LogP contribution is -1.87. The van der Waals surface area contributed by atoms with Gasteiger partial charge in [-0.1, -0.05) is 194 Å². The maximum absolute atomic E-state index is 2.43. The fraction of sp³-hybridized carbons (Fsp3) is 0. The van der Waals surface area contributed by atoms with Gasteiger partial charge in [-0.25, -0.2) is 0 Å². The van der Waals surface area contributed by atoms with Crippen LogP contribution < -0.4 is 0 Å². The molecule has 0 saturated heterocycles. The molecule has 1 aromatic heterocycles. The van der Waals surface area contributed by atoms with Gasteiger partial charge >= 0.3 is 0 Å². The molecule has 0 unspecified atom stereocenters. The van der Waals surface area contributed by atoms with Crippen molar-refractivity contribution < 1.29 is 0 Å². The Morgan fingerprint density at radius 2 is 0.523 bits per heavy atom. The third-order valence-corrected chi connectivity index (χ3v) is 14.7. The average Bonchev–Trinajstić information content (AvgIpc) is 3.77. The molecule has 0 amide bonds. The van der Waals surface area contributed by atoms with E-state index in [9.17, 15) is 0 Å². The third-order valence-electron chi connectivity index (χ3n) is 13.4. The maximum Gasteiger partial charge on any atom is 0.0434 e. The molecule has 13 rings (SSSR count). The minimum absolute atomic E-state index is 1.21. The molecule has 1 heterocycles. The van der Waals surface area contributed by atoms with Crippen LogP contribution in [0.4, 0.5) is 0 Å². The predicted molar refractivity (Wildman–Crippen MR) is 282 cm³/mol. The molecule has 0 saturated carbocycles. The predicted octanol–water partition coefficient (Wildman–Crippen LogP) is 18.7. The van der Waals surface area contributed by atoms with Crippen molar-refractivity contribution in [3.05, 3.63) is 243 Å². The summed E-state index contributed by atoms with van der Waals surface area (Å²) in [6.45, 7) is 0. The van der Waals surface area contributed by atoms with Crippen LogP contribution in [0.15, 0.2) is 243 Å². The Hall–Kier alpha value is -8.10. The Labute approximate surface area is 382 Å². The molecular weight excluding hydrogens is 801 g/mol. The molecule has 0 aliphatic heterocycles. The molecule has 0 atom stereocenters. The Morgan fingerprint density at radius 3 is 0.954 bits per heavy atom. The van der Waals surface area contributed by atoms with Crippen LogP contribution >= 0.6 is 11.3 Å². The van der Waals surface area contributed by atoms with Crippen molar-refractivity contribution in [1.29, 1.82) is 0 Å². The van der Waals surface area contributed by atoms with Gasteiger partial charge in [-0.3, -0.25) is 0 Å². The Bertz CT molecular complexity index is 3730. The van der Waals surface area contributed by atoms with E-state index < -0.39 is 0 Å². The zero-order valence-corrected chi connectivity index (χ0v) is 36.3. The van der Waals surface area contributed by atoms with Gasteiger partial charge in [-0.05, 0) is 147 Å². The smallest absolute Gasteiger partial charge is 0.0434 e. The lowest BCUT2D eigenvalue weighted by molar-refractivity contribution is 1.62. The van der Waals surface area contributed by atoms with Crippen LogP contribution in [0, 0.1) is 0 Å². The second-order valence-corrected chi connectivity index (χ2v) is 18.2. The van der Waals surface area contributed by atoms with Crippen molar-refractivity contribution in [2.45, 2.75) is 0 Å². The summed E-state index contributed by atoms with van der Waals surface area (Å²) in [6, 6.07) is 89.9. The molecule has 12 aromatic carbocycles. The number of hydrogen-bond donors (Lipinski definition) is 0. The van der Waals surface area contributed by atoms with E-state index in [2.05, 4.69) is 243 Å². The summed E-state index contributed by atoms with van der Waals surface area (Å²) in [7, 11) is 0. The van der Waals surface area contributed by atoms with Crippen LogP contribution in [0.2, 0.25) is 0 Å². The Morgan fingerprint density at radius 1 is 0.185 bits per heavy atom. The van der Waals surface area contributed by atoms with E-state index in [1.165, 1.54) is 130 Å². The molecule has 0 fully saturated rings. The summed E-state index contributed by atoms with van der Waals surface area (Å²) in [5.41, 5.74) is 14.7. The third kappa shape index (κ3) is 6.35. The van der Waals surface area contributed by atoms with Crippen LogP contribution in [0.25, 0.3) is 130 Å². The molecular formula is C64H40S. The number of rotatable bonds is 6. The van der Waals surface area contributed by atoms with Gasteiger partial charge in [0.25, 0.3) is 0 Å². The van der Waals surface area contributed by atoms with E-state index in [1.54, 1.807) is 0 Å². The van der Waals surface area contributed by atoms with E-state index in [1.807, 2.05) is 11.3 Å². The molecule has 0 radical (unpaired) electrons. The van der Waals surface area contributed by atoms with Gasteiger partial charge in [0.15, 0.2) is 0 Å². The minimum atomic E-state index is 1.21. The summed E-state index contributed by atoms with van der Waals surface area (Å²) < 4.78 is 2.59. The summed E-state index contributed by atoms with van der Waals surface area (Å²) in [4.78, 5) is 0. The van der Waals surface area contributed by atoms with Crippen molar-refractivity contribution in [1.82, 2.24) is 0 Å². The first-order chi connectivity index (χ1) is 32.2. The molecule has 13 aromatic rings. The first-order valence-corrected chi connectivity index (χ1v) is 23.2. The zero-order chi connectivity index (χ0) is 42.8. The van der Waals surface area contributed by atoms with E-state index in [0.717, 1.165) is 0 Å². The number of fused-ring (bicyclic) bond motifs is 9. The first kappa shape index (κ1) is 37.5. The van der Waals surface area contributed by atoms with Gasteiger partial charge in [-0.15, -0.1) is 11.3 Å². The Kier molecular flexibility index (Phi) is 8.82. The monoisotopic (exact) mass is 840 g/mol. The van der Waals surface area contributed by atoms with Gasteiger partial charge in [0.2, 0.25) is 0 Å². The van der Waals surface area contributed by atoms with Crippen LogP contribution in [-0.2, 0) is 0 Å². The number of benzene rings is 12. The molecule has 0 nitrogen and oxygen atoms in total. The SMILES string of the molecule is c1ccc(-c2cc(-c3cccc(-c4cc5ccccc5c5ccccc45)c3)c3sc4c(-c5cccc(-c6cc7ccccc7c7ccccc67)c5)cc(-c5ccccc5)cc4c3c2)cc1. The van der Waals surface area contributed by atoms with Gasteiger partial charge in [0.1, 0.15) is 0 Å². The highest BCUT2D eigenvalue weighted by atomic mass is 32.1. The highest BCUT2D eigenvalue weighted by molar-refractivity contribution is 7.27. The summed E-state index contributed by atoms with van der Waals surface area (Å²) >= 11 is 1.92. The van der Waals surface area contributed by atoms with Crippen molar-refractivity contribution in [2.75, 3.05) is 0 Å². The molecule has 65 heavy (non-hydrogen) atoms. The van der Waals surface area contributed by atoms with Crippen molar-refractivity contribution in [3.8, 4) is 66.8 Å². The average molecular weight is 841 g/mol. The van der Waals surface area contributed by atoms with E-state index in [4.69, 9.17) is 0 Å². The fourth-order valence-corrected chi connectivity index (χ4v) is 11.6. The molecule has 0 N–H and O–H groups in total. The number of hydrogen-bond acceptors (Lipinski definition) is 1. The highest BCUT2D eigenvalue weighted by Crippen LogP contribution is 2.49. The molecule has 1 heteroatoms. The lowest BCUT2D eigenvalue weighted by atomic mass is 9.90. The molecule has 0 bridgehead atoms. The lowest BCUT2D eigenvalue weighted by Gasteiger charge is -2.14. The summed E-state index contributed by atoms with van der Waals surface area (Å²) in [5.74, 6) is 0. The van der Waals surface area contributed by atoms with E-state index in [-0.39, 0.29) is 0 Å². The van der Waals surface area contributed by atoms with Crippen LogP contribution in [0.1, 0.15) is 0 Å².